The summed E-state index contributed by atoms with van der Waals surface area (Å²) in [5.74, 6) is 2.48. The van der Waals surface area contributed by atoms with E-state index in [1.807, 2.05) is 72.8 Å². The third-order valence-corrected chi connectivity index (χ3v) is 9.93. The molecular formula is C39H50O12. The highest BCUT2D eigenvalue weighted by Gasteiger charge is 2.63. The van der Waals surface area contributed by atoms with Crippen molar-refractivity contribution in [3.63, 3.8) is 0 Å². The molecule has 4 heterocycles. The largest absolute Gasteiger partial charge is 0.497 e. The molecule has 4 fully saturated rings. The SMILES string of the molecule is CC[C@@]12COC(C(OC)O1)[C@H]2OCc1ccc(OC)cc1.COc1ccc(COC[C@@]23COC(C(OC)O2)[C@H]3OCc2ccc(OC)cc2)cc1. The third-order valence-electron chi connectivity index (χ3n) is 9.93. The smallest absolute Gasteiger partial charge is 0.187 e. The van der Waals surface area contributed by atoms with Crippen LogP contribution in [0.3, 0.4) is 0 Å². The molecule has 0 spiro atoms. The summed E-state index contributed by atoms with van der Waals surface area (Å²) < 4.78 is 68.6. The fourth-order valence-corrected chi connectivity index (χ4v) is 6.94. The molecule has 4 unspecified atom stereocenters. The minimum atomic E-state index is -0.690. The fourth-order valence-electron chi connectivity index (χ4n) is 6.94. The average molecular weight is 711 g/mol. The first-order chi connectivity index (χ1) is 24.9. The van der Waals surface area contributed by atoms with Crippen molar-refractivity contribution >= 4 is 0 Å². The molecule has 12 heteroatoms. The Bertz CT molecular complexity index is 1500. The minimum absolute atomic E-state index is 0.0884. The van der Waals surface area contributed by atoms with Gasteiger partial charge >= 0.3 is 0 Å². The standard InChI is InChI=1S/C23H28O7.C16H22O5/c1-24-18-8-4-16(5-9-18)12-27-14-23-15-29-20(22(26-3)30-23)21(23)28-13-17-6-10-19(25-2)11-7-17;1-4-16-10-20-13(15(18-3)21-16)14(16)19-9-11-5-7-12(17-2)8-6-11/h4-11,20-22H,12-15H2,1-3H3;5-8,13-15H,4,9-10H2,1-3H3/t20?,21-,22?,23+;13?,14-,15?,16+/m11/s1. The molecule has 0 N–H and O–H groups in total. The summed E-state index contributed by atoms with van der Waals surface area (Å²) in [7, 11) is 8.21. The number of methoxy groups -OCH3 is 5. The second kappa shape index (κ2) is 17.0. The van der Waals surface area contributed by atoms with E-state index in [1.54, 1.807) is 35.5 Å². The summed E-state index contributed by atoms with van der Waals surface area (Å²) in [6.45, 7) is 4.85. The van der Waals surface area contributed by atoms with Crippen LogP contribution in [0.25, 0.3) is 0 Å². The molecule has 12 nitrogen and oxygen atoms in total. The zero-order chi connectivity index (χ0) is 35.8. The summed E-state index contributed by atoms with van der Waals surface area (Å²) in [6.07, 6.45) is -0.749. The van der Waals surface area contributed by atoms with E-state index in [0.717, 1.165) is 40.4 Å². The van der Waals surface area contributed by atoms with Gasteiger partial charge in [0.2, 0.25) is 0 Å². The van der Waals surface area contributed by atoms with Crippen molar-refractivity contribution in [3.05, 3.63) is 89.5 Å². The van der Waals surface area contributed by atoms with E-state index in [2.05, 4.69) is 6.92 Å². The number of hydrogen-bond donors (Lipinski definition) is 0. The van der Waals surface area contributed by atoms with Crippen molar-refractivity contribution in [3.8, 4) is 17.2 Å². The van der Waals surface area contributed by atoms with Gasteiger partial charge in [-0.2, -0.15) is 0 Å². The first-order valence-electron chi connectivity index (χ1n) is 17.2. The highest BCUT2D eigenvalue weighted by molar-refractivity contribution is 5.28. The maximum absolute atomic E-state index is 6.25. The molecule has 278 valence electrons. The lowest BCUT2D eigenvalue weighted by molar-refractivity contribution is -0.246. The Labute approximate surface area is 300 Å². The summed E-state index contributed by atoms with van der Waals surface area (Å²) in [5.41, 5.74) is 2.13. The Balaban J connectivity index is 0.000000187. The highest BCUT2D eigenvalue weighted by Crippen LogP contribution is 2.45. The molecule has 0 aliphatic carbocycles. The van der Waals surface area contributed by atoms with Crippen LogP contribution >= 0.6 is 0 Å². The van der Waals surface area contributed by atoms with Crippen molar-refractivity contribution in [2.24, 2.45) is 0 Å². The molecule has 51 heavy (non-hydrogen) atoms. The Morgan fingerprint density at radius 2 is 0.941 bits per heavy atom. The normalized spacial score (nSPS) is 30.2. The Kier molecular flexibility index (Phi) is 12.5. The molecule has 4 saturated heterocycles. The van der Waals surface area contributed by atoms with Gasteiger partial charge in [-0.05, 0) is 59.5 Å². The van der Waals surface area contributed by atoms with Crippen molar-refractivity contribution in [1.29, 1.82) is 0 Å². The van der Waals surface area contributed by atoms with Gasteiger partial charge in [-0.3, -0.25) is 0 Å². The molecule has 4 aliphatic rings. The van der Waals surface area contributed by atoms with E-state index in [9.17, 15) is 0 Å². The van der Waals surface area contributed by atoms with Gasteiger partial charge in [-0.1, -0.05) is 43.3 Å². The van der Waals surface area contributed by atoms with Crippen LogP contribution in [0.4, 0.5) is 0 Å². The Hall–Kier alpha value is -3.30. The lowest BCUT2D eigenvalue weighted by Gasteiger charge is -2.30. The average Bonchev–Trinajstić information content (AvgIpc) is 3.91. The van der Waals surface area contributed by atoms with Gasteiger partial charge in [0.25, 0.3) is 0 Å². The van der Waals surface area contributed by atoms with E-state index in [1.165, 1.54) is 0 Å². The molecule has 3 aromatic carbocycles. The molecule has 3 aromatic rings. The molecule has 0 radical (unpaired) electrons. The molecule has 0 amide bonds. The van der Waals surface area contributed by atoms with Crippen LogP contribution < -0.4 is 14.2 Å². The van der Waals surface area contributed by atoms with Gasteiger partial charge in [-0.15, -0.1) is 0 Å². The maximum atomic E-state index is 6.25. The van der Waals surface area contributed by atoms with Crippen molar-refractivity contribution in [2.45, 2.75) is 81.4 Å². The summed E-state index contributed by atoms with van der Waals surface area (Å²) >= 11 is 0. The molecular weight excluding hydrogens is 660 g/mol. The van der Waals surface area contributed by atoms with Gasteiger partial charge in [-0.25, -0.2) is 0 Å². The lowest BCUT2D eigenvalue weighted by Crippen LogP contribution is -2.46. The fraction of sp³-hybridized carbons (Fsp3) is 0.538. The zero-order valence-corrected chi connectivity index (χ0v) is 30.2. The van der Waals surface area contributed by atoms with Crippen LogP contribution in [-0.4, -0.2) is 104 Å². The number of rotatable bonds is 16. The van der Waals surface area contributed by atoms with Crippen LogP contribution in [-0.2, 0) is 62.5 Å². The van der Waals surface area contributed by atoms with Crippen LogP contribution in [0.1, 0.15) is 30.0 Å². The van der Waals surface area contributed by atoms with Crippen LogP contribution in [0.15, 0.2) is 72.8 Å². The Morgan fingerprint density at radius 3 is 1.35 bits per heavy atom. The van der Waals surface area contributed by atoms with Gasteiger partial charge in [0.15, 0.2) is 12.6 Å². The van der Waals surface area contributed by atoms with E-state index in [4.69, 9.17) is 56.8 Å². The lowest BCUT2D eigenvalue weighted by atomic mass is 9.96. The van der Waals surface area contributed by atoms with E-state index < -0.39 is 11.9 Å². The summed E-state index contributed by atoms with van der Waals surface area (Å²) in [5, 5.41) is 0. The summed E-state index contributed by atoms with van der Waals surface area (Å²) in [4.78, 5) is 0. The number of benzene rings is 3. The maximum Gasteiger partial charge on any atom is 0.187 e. The topological polar surface area (TPSA) is 111 Å². The minimum Gasteiger partial charge on any atom is -0.497 e. The number of fused-ring (bicyclic) bond motifs is 4. The monoisotopic (exact) mass is 710 g/mol. The van der Waals surface area contributed by atoms with Crippen LogP contribution in [0.2, 0.25) is 0 Å². The molecule has 4 bridgehead atoms. The quantitative estimate of drug-likeness (QED) is 0.198. The predicted octanol–water partition coefficient (Wildman–Crippen LogP) is 5.08. The summed E-state index contributed by atoms with van der Waals surface area (Å²) in [6, 6.07) is 23.5. The van der Waals surface area contributed by atoms with Gasteiger partial charge in [0.1, 0.15) is 52.9 Å². The molecule has 0 aromatic heterocycles. The van der Waals surface area contributed by atoms with E-state index in [-0.39, 0.29) is 36.3 Å². The predicted molar refractivity (Wildman–Crippen MR) is 185 cm³/mol. The molecule has 4 aliphatic heterocycles. The first-order valence-corrected chi connectivity index (χ1v) is 17.2. The van der Waals surface area contributed by atoms with Crippen molar-refractivity contribution in [1.82, 2.24) is 0 Å². The number of ether oxygens (including phenoxy) is 12. The van der Waals surface area contributed by atoms with Crippen LogP contribution in [0.5, 0.6) is 17.2 Å². The van der Waals surface area contributed by atoms with Crippen molar-refractivity contribution < 1.29 is 56.8 Å². The van der Waals surface area contributed by atoms with Crippen LogP contribution in [0, 0.1) is 0 Å². The van der Waals surface area contributed by atoms with E-state index in [0.29, 0.717) is 39.6 Å². The molecule has 8 atom stereocenters. The highest BCUT2D eigenvalue weighted by atomic mass is 16.8. The van der Waals surface area contributed by atoms with Crippen molar-refractivity contribution in [2.75, 3.05) is 55.4 Å². The second-order valence-electron chi connectivity index (χ2n) is 13.0. The van der Waals surface area contributed by atoms with Gasteiger partial charge in [0, 0.05) is 14.2 Å². The van der Waals surface area contributed by atoms with E-state index >= 15 is 0 Å². The van der Waals surface area contributed by atoms with Gasteiger partial charge < -0.3 is 56.8 Å². The van der Waals surface area contributed by atoms with Gasteiger partial charge in [0.05, 0.1) is 61.0 Å². The third kappa shape index (κ3) is 8.20. The first kappa shape index (κ1) is 37.5. The Morgan fingerprint density at radius 1 is 0.549 bits per heavy atom. The number of hydrogen-bond acceptors (Lipinski definition) is 12. The zero-order valence-electron chi connectivity index (χ0n) is 30.2. The molecule has 0 saturated carbocycles. The molecule has 7 rings (SSSR count). The second-order valence-corrected chi connectivity index (χ2v) is 13.0.